The number of carbonyl (C=O) groups excluding carboxylic acids is 1. The third-order valence-electron chi connectivity index (χ3n) is 3.71. The Morgan fingerprint density at radius 3 is 2.79 bits per heavy atom. The van der Waals surface area contributed by atoms with Gasteiger partial charge < -0.3 is 19.1 Å². The number of ether oxygens (including phenoxy) is 3. The van der Waals surface area contributed by atoms with Crippen LogP contribution in [0.2, 0.25) is 0 Å². The number of methoxy groups -OCH3 is 1. The van der Waals surface area contributed by atoms with Crippen LogP contribution in [-0.2, 0) is 9.53 Å². The van der Waals surface area contributed by atoms with Crippen molar-refractivity contribution in [2.24, 2.45) is 0 Å². The molecule has 2 atom stereocenters. The molecule has 2 unspecified atom stereocenters. The van der Waals surface area contributed by atoms with E-state index in [4.69, 9.17) is 9.47 Å². The summed E-state index contributed by atoms with van der Waals surface area (Å²) < 4.78 is 39.5. The number of alkyl halides is 2. The minimum absolute atomic E-state index is 0.00410. The molecule has 1 amide bonds. The maximum absolute atomic E-state index is 12.3. The first kappa shape index (κ1) is 18.2. The monoisotopic (exact) mass is 341 g/mol. The highest BCUT2D eigenvalue weighted by Crippen LogP contribution is 2.29. The summed E-state index contributed by atoms with van der Waals surface area (Å²) >= 11 is 0. The van der Waals surface area contributed by atoms with Crippen LogP contribution in [0.5, 0.6) is 11.5 Å². The molecule has 1 aromatic rings. The van der Waals surface area contributed by atoms with Gasteiger partial charge >= 0.3 is 6.61 Å². The molecule has 2 rings (SSSR count). The van der Waals surface area contributed by atoms with Crippen LogP contribution in [0.4, 0.5) is 8.78 Å². The van der Waals surface area contributed by atoms with Gasteiger partial charge in [-0.05, 0) is 37.6 Å². The summed E-state index contributed by atoms with van der Waals surface area (Å²) in [6.07, 6.45) is 3.07. The van der Waals surface area contributed by atoms with Crippen LogP contribution in [-0.4, -0.2) is 49.8 Å². The molecule has 0 bridgehead atoms. The van der Waals surface area contributed by atoms with Gasteiger partial charge in [0.2, 0.25) is 5.91 Å². The molecule has 0 spiro atoms. The van der Waals surface area contributed by atoms with Crippen molar-refractivity contribution in [3.05, 3.63) is 29.8 Å². The van der Waals surface area contributed by atoms with E-state index in [1.807, 2.05) is 13.8 Å². The zero-order chi connectivity index (χ0) is 17.7. The molecule has 24 heavy (non-hydrogen) atoms. The highest BCUT2D eigenvalue weighted by atomic mass is 19.3. The summed E-state index contributed by atoms with van der Waals surface area (Å²) in [5, 5.41) is 0. The second-order valence-corrected chi connectivity index (χ2v) is 5.61. The van der Waals surface area contributed by atoms with E-state index < -0.39 is 6.61 Å². The highest BCUT2D eigenvalue weighted by Gasteiger charge is 2.26. The van der Waals surface area contributed by atoms with Gasteiger partial charge in [0, 0.05) is 12.6 Å². The summed E-state index contributed by atoms with van der Waals surface area (Å²) in [5.41, 5.74) is 0.649. The lowest BCUT2D eigenvalue weighted by molar-refractivity contribution is -0.137. The lowest BCUT2D eigenvalue weighted by atomic mass is 10.1. The Morgan fingerprint density at radius 2 is 2.12 bits per heavy atom. The molecule has 0 aromatic heterocycles. The van der Waals surface area contributed by atoms with Crippen LogP contribution in [0.3, 0.4) is 0 Å². The Bertz CT molecular complexity index is 606. The lowest BCUT2D eigenvalue weighted by Crippen LogP contribution is -2.49. The minimum Gasteiger partial charge on any atom is -0.493 e. The van der Waals surface area contributed by atoms with Crippen LogP contribution in [0.25, 0.3) is 6.08 Å². The second-order valence-electron chi connectivity index (χ2n) is 5.61. The summed E-state index contributed by atoms with van der Waals surface area (Å²) in [6.45, 7) is 1.97. The normalized spacial score (nSPS) is 21.3. The molecule has 7 heteroatoms. The smallest absolute Gasteiger partial charge is 0.387 e. The standard InChI is InChI=1S/C17H21F2NO4/c1-11-10-23-12(2)9-20(11)16(21)7-5-13-4-6-14(24-17(18)19)15(8-13)22-3/h4-8,11-12,17H,9-10H2,1-3H3/b7-5+. The van der Waals surface area contributed by atoms with Crippen LogP contribution < -0.4 is 9.47 Å². The number of hydrogen-bond donors (Lipinski definition) is 0. The van der Waals surface area contributed by atoms with Crippen molar-refractivity contribution in [3.63, 3.8) is 0 Å². The van der Waals surface area contributed by atoms with Crippen LogP contribution in [0.15, 0.2) is 24.3 Å². The number of carbonyl (C=O) groups is 1. The fraction of sp³-hybridized carbons (Fsp3) is 0.471. The second kappa shape index (κ2) is 8.10. The molecule has 1 saturated heterocycles. The average Bonchev–Trinajstić information content (AvgIpc) is 2.55. The van der Waals surface area contributed by atoms with Gasteiger partial charge in [0.25, 0.3) is 0 Å². The molecule has 132 valence electrons. The maximum atomic E-state index is 12.3. The molecule has 1 heterocycles. The molecule has 0 saturated carbocycles. The molecule has 1 aliphatic rings. The first-order valence-corrected chi connectivity index (χ1v) is 7.64. The van der Waals surface area contributed by atoms with Gasteiger partial charge in [-0.1, -0.05) is 6.07 Å². The van der Waals surface area contributed by atoms with Gasteiger partial charge in [0.1, 0.15) is 0 Å². The van der Waals surface area contributed by atoms with Gasteiger partial charge in [-0.2, -0.15) is 8.78 Å². The number of hydrogen-bond acceptors (Lipinski definition) is 4. The van der Waals surface area contributed by atoms with Crippen molar-refractivity contribution >= 4 is 12.0 Å². The van der Waals surface area contributed by atoms with Crippen LogP contribution in [0.1, 0.15) is 19.4 Å². The van der Waals surface area contributed by atoms with E-state index in [1.165, 1.54) is 25.3 Å². The highest BCUT2D eigenvalue weighted by molar-refractivity contribution is 5.92. The Balaban J connectivity index is 2.09. The van der Waals surface area contributed by atoms with Crippen molar-refractivity contribution in [2.75, 3.05) is 20.3 Å². The molecule has 1 fully saturated rings. The predicted molar refractivity (Wildman–Crippen MR) is 85.2 cm³/mol. The van der Waals surface area contributed by atoms with Gasteiger partial charge in [0.15, 0.2) is 11.5 Å². The fourth-order valence-electron chi connectivity index (χ4n) is 2.45. The Hall–Kier alpha value is -2.15. The summed E-state index contributed by atoms with van der Waals surface area (Å²) in [7, 11) is 1.36. The summed E-state index contributed by atoms with van der Waals surface area (Å²) in [5.74, 6) is 0.00869. The van der Waals surface area contributed by atoms with Crippen LogP contribution >= 0.6 is 0 Å². The number of benzene rings is 1. The molecule has 0 aliphatic carbocycles. The third kappa shape index (κ3) is 4.67. The summed E-state index contributed by atoms with van der Waals surface area (Å²) in [4.78, 5) is 14.1. The molecular weight excluding hydrogens is 320 g/mol. The third-order valence-corrected chi connectivity index (χ3v) is 3.71. The Labute approximate surface area is 139 Å². The van der Waals surface area contributed by atoms with E-state index in [0.29, 0.717) is 18.7 Å². The molecule has 0 N–H and O–H groups in total. The van der Waals surface area contributed by atoms with Crippen LogP contribution in [0, 0.1) is 0 Å². The largest absolute Gasteiger partial charge is 0.493 e. The average molecular weight is 341 g/mol. The van der Waals surface area contributed by atoms with Crippen molar-refractivity contribution in [2.45, 2.75) is 32.6 Å². The van der Waals surface area contributed by atoms with Crippen molar-refractivity contribution in [3.8, 4) is 11.5 Å². The lowest BCUT2D eigenvalue weighted by Gasteiger charge is -2.36. The number of halogens is 2. The zero-order valence-corrected chi connectivity index (χ0v) is 13.9. The SMILES string of the molecule is COc1cc(/C=C/C(=O)N2CC(C)OCC2C)ccc1OC(F)F. The molecule has 1 aromatic carbocycles. The van der Waals surface area contributed by atoms with E-state index in [9.17, 15) is 13.6 Å². The van der Waals surface area contributed by atoms with Gasteiger partial charge in [-0.25, -0.2) is 0 Å². The van der Waals surface area contributed by atoms with E-state index >= 15 is 0 Å². The number of amides is 1. The number of morpholine rings is 1. The fourth-order valence-corrected chi connectivity index (χ4v) is 2.45. The topological polar surface area (TPSA) is 48.0 Å². The Morgan fingerprint density at radius 1 is 1.38 bits per heavy atom. The first-order valence-electron chi connectivity index (χ1n) is 7.64. The van der Waals surface area contributed by atoms with E-state index in [2.05, 4.69) is 4.74 Å². The van der Waals surface area contributed by atoms with Crippen molar-refractivity contribution in [1.82, 2.24) is 4.90 Å². The van der Waals surface area contributed by atoms with E-state index in [-0.39, 0.29) is 29.6 Å². The van der Waals surface area contributed by atoms with Gasteiger partial charge in [0.05, 0.1) is 25.9 Å². The molecular formula is C17H21F2NO4. The van der Waals surface area contributed by atoms with E-state index in [0.717, 1.165) is 0 Å². The van der Waals surface area contributed by atoms with Crippen molar-refractivity contribution < 1.29 is 27.8 Å². The number of rotatable bonds is 5. The number of nitrogens with zero attached hydrogens (tertiary/aromatic N) is 1. The Kier molecular flexibility index (Phi) is 6.14. The molecule has 1 aliphatic heterocycles. The first-order chi connectivity index (χ1) is 11.4. The van der Waals surface area contributed by atoms with Crippen molar-refractivity contribution in [1.29, 1.82) is 0 Å². The maximum Gasteiger partial charge on any atom is 0.387 e. The molecule has 5 nitrogen and oxygen atoms in total. The van der Waals surface area contributed by atoms with Gasteiger partial charge in [-0.15, -0.1) is 0 Å². The quantitative estimate of drug-likeness (QED) is 0.773. The van der Waals surface area contributed by atoms with E-state index in [1.54, 1.807) is 17.0 Å². The molecule has 0 radical (unpaired) electrons. The summed E-state index contributed by atoms with van der Waals surface area (Å²) in [6, 6.07) is 4.51. The zero-order valence-electron chi connectivity index (χ0n) is 13.9. The predicted octanol–water partition coefficient (Wildman–Crippen LogP) is 2.95. The minimum atomic E-state index is -2.92. The van der Waals surface area contributed by atoms with Gasteiger partial charge in [-0.3, -0.25) is 4.79 Å².